The number of hydrogen-bond acceptors (Lipinski definition) is 2. The van der Waals surface area contributed by atoms with Gasteiger partial charge in [0.1, 0.15) is 5.75 Å². The van der Waals surface area contributed by atoms with Crippen molar-refractivity contribution in [3.05, 3.63) is 29.3 Å². The maximum absolute atomic E-state index is 12.1. The number of alkyl halides is 3. The van der Waals surface area contributed by atoms with Crippen LogP contribution < -0.4 is 10.5 Å². The van der Waals surface area contributed by atoms with E-state index in [1.165, 1.54) is 12.1 Å². The molecule has 2 nitrogen and oxygen atoms in total. The van der Waals surface area contributed by atoms with E-state index in [1.54, 1.807) is 6.92 Å². The van der Waals surface area contributed by atoms with Crippen molar-refractivity contribution >= 4 is 0 Å². The summed E-state index contributed by atoms with van der Waals surface area (Å²) in [4.78, 5) is 0. The number of hydrogen-bond donors (Lipinski definition) is 1. The lowest BCUT2D eigenvalue weighted by Crippen LogP contribution is -2.17. The number of halogens is 3. The van der Waals surface area contributed by atoms with Crippen LogP contribution in [0.2, 0.25) is 0 Å². The van der Waals surface area contributed by atoms with E-state index in [-0.39, 0.29) is 11.7 Å². The van der Waals surface area contributed by atoms with Crippen LogP contribution in [0.1, 0.15) is 18.1 Å². The van der Waals surface area contributed by atoms with Crippen molar-refractivity contribution in [2.45, 2.75) is 26.6 Å². The molecule has 1 rings (SSSR count). The highest BCUT2D eigenvalue weighted by Gasteiger charge is 2.31. The van der Waals surface area contributed by atoms with E-state index >= 15 is 0 Å². The Kier molecular flexibility index (Phi) is 4.40. The SMILES string of the molecule is Cc1cc(CC(C)CN)cc(OC(F)(F)F)c1. The minimum absolute atomic E-state index is 0.170. The molecule has 0 aromatic heterocycles. The van der Waals surface area contributed by atoms with Gasteiger partial charge >= 0.3 is 6.36 Å². The van der Waals surface area contributed by atoms with Gasteiger partial charge in [0, 0.05) is 0 Å². The molecule has 1 atom stereocenters. The highest BCUT2D eigenvalue weighted by molar-refractivity contribution is 5.34. The fourth-order valence-corrected chi connectivity index (χ4v) is 1.62. The summed E-state index contributed by atoms with van der Waals surface area (Å²) >= 11 is 0. The van der Waals surface area contributed by atoms with Crippen molar-refractivity contribution in [2.24, 2.45) is 11.7 Å². The Morgan fingerprint density at radius 3 is 2.47 bits per heavy atom. The highest BCUT2D eigenvalue weighted by atomic mass is 19.4. The Balaban J connectivity index is 2.86. The fraction of sp³-hybridized carbons (Fsp3) is 0.500. The van der Waals surface area contributed by atoms with E-state index in [0.717, 1.165) is 11.1 Å². The molecule has 0 aliphatic carbocycles. The first kappa shape index (κ1) is 13.8. The molecule has 1 aromatic carbocycles. The monoisotopic (exact) mass is 247 g/mol. The molecule has 1 unspecified atom stereocenters. The average molecular weight is 247 g/mol. The van der Waals surface area contributed by atoms with Crippen LogP contribution in [0.25, 0.3) is 0 Å². The first-order valence-corrected chi connectivity index (χ1v) is 5.36. The minimum Gasteiger partial charge on any atom is -0.406 e. The van der Waals surface area contributed by atoms with Crippen molar-refractivity contribution in [1.29, 1.82) is 0 Å². The van der Waals surface area contributed by atoms with Crippen LogP contribution >= 0.6 is 0 Å². The molecule has 2 N–H and O–H groups in total. The Morgan fingerprint density at radius 1 is 1.29 bits per heavy atom. The molecular formula is C12H16F3NO. The number of rotatable bonds is 4. The lowest BCUT2D eigenvalue weighted by atomic mass is 9.99. The zero-order chi connectivity index (χ0) is 13.1. The molecule has 0 amide bonds. The summed E-state index contributed by atoms with van der Waals surface area (Å²) in [5.74, 6) is 0.0623. The zero-order valence-electron chi connectivity index (χ0n) is 9.84. The molecule has 0 aliphatic rings. The van der Waals surface area contributed by atoms with E-state index < -0.39 is 6.36 Å². The van der Waals surface area contributed by atoms with Gasteiger partial charge in [0.05, 0.1) is 0 Å². The summed E-state index contributed by atoms with van der Waals surface area (Å²) in [6.07, 6.45) is -4.00. The van der Waals surface area contributed by atoms with Gasteiger partial charge in [-0.15, -0.1) is 13.2 Å². The van der Waals surface area contributed by atoms with Crippen LogP contribution in [0.3, 0.4) is 0 Å². The second-order valence-corrected chi connectivity index (χ2v) is 4.25. The predicted molar refractivity (Wildman–Crippen MR) is 59.8 cm³/mol. The Labute approximate surface area is 98.6 Å². The van der Waals surface area contributed by atoms with E-state index in [9.17, 15) is 13.2 Å². The van der Waals surface area contributed by atoms with Crippen LogP contribution in [0.4, 0.5) is 13.2 Å². The van der Waals surface area contributed by atoms with Gasteiger partial charge < -0.3 is 10.5 Å². The molecule has 0 heterocycles. The Morgan fingerprint density at radius 2 is 1.94 bits per heavy atom. The first-order valence-electron chi connectivity index (χ1n) is 5.36. The molecular weight excluding hydrogens is 231 g/mol. The van der Waals surface area contributed by atoms with E-state index in [2.05, 4.69) is 4.74 Å². The summed E-state index contributed by atoms with van der Waals surface area (Å²) in [5.41, 5.74) is 7.04. The van der Waals surface area contributed by atoms with Gasteiger partial charge in [0.15, 0.2) is 0 Å². The molecule has 96 valence electrons. The third-order valence-corrected chi connectivity index (χ3v) is 2.33. The molecule has 0 saturated carbocycles. The van der Waals surface area contributed by atoms with Gasteiger partial charge in [-0.2, -0.15) is 0 Å². The van der Waals surface area contributed by atoms with Crippen LogP contribution in [0.5, 0.6) is 5.75 Å². The van der Waals surface area contributed by atoms with Gasteiger partial charge in [0.2, 0.25) is 0 Å². The Bertz CT molecular complexity index is 377. The van der Waals surface area contributed by atoms with Gasteiger partial charge in [-0.3, -0.25) is 0 Å². The van der Waals surface area contributed by atoms with Crippen molar-refractivity contribution in [3.63, 3.8) is 0 Å². The van der Waals surface area contributed by atoms with Crippen LogP contribution in [-0.2, 0) is 6.42 Å². The molecule has 0 radical (unpaired) electrons. The number of nitrogens with two attached hydrogens (primary N) is 1. The summed E-state index contributed by atoms with van der Waals surface area (Å²) in [6.45, 7) is 4.19. The lowest BCUT2D eigenvalue weighted by molar-refractivity contribution is -0.274. The zero-order valence-corrected chi connectivity index (χ0v) is 9.84. The second kappa shape index (κ2) is 5.40. The number of benzene rings is 1. The molecule has 0 aliphatic heterocycles. The van der Waals surface area contributed by atoms with Crippen LogP contribution in [0.15, 0.2) is 18.2 Å². The summed E-state index contributed by atoms with van der Waals surface area (Å²) in [5, 5.41) is 0. The maximum Gasteiger partial charge on any atom is 0.573 e. The normalized spacial score (nSPS) is 13.5. The second-order valence-electron chi connectivity index (χ2n) is 4.25. The van der Waals surface area contributed by atoms with Crippen LogP contribution in [-0.4, -0.2) is 12.9 Å². The Hall–Kier alpha value is -1.23. The first-order chi connectivity index (χ1) is 7.80. The quantitative estimate of drug-likeness (QED) is 0.887. The van der Waals surface area contributed by atoms with Gasteiger partial charge in [-0.05, 0) is 49.1 Å². The summed E-state index contributed by atoms with van der Waals surface area (Å²) in [6, 6.07) is 4.62. The number of ether oxygens (including phenoxy) is 1. The largest absolute Gasteiger partial charge is 0.573 e. The topological polar surface area (TPSA) is 35.2 Å². The predicted octanol–water partition coefficient (Wildman–Crippen LogP) is 3.03. The number of aryl methyl sites for hydroxylation is 1. The fourth-order valence-electron chi connectivity index (χ4n) is 1.62. The van der Waals surface area contributed by atoms with Crippen molar-refractivity contribution in [1.82, 2.24) is 0 Å². The van der Waals surface area contributed by atoms with Crippen molar-refractivity contribution < 1.29 is 17.9 Å². The molecule has 0 fully saturated rings. The molecule has 0 spiro atoms. The van der Waals surface area contributed by atoms with Crippen molar-refractivity contribution in [3.8, 4) is 5.75 Å². The van der Waals surface area contributed by atoms with E-state index in [4.69, 9.17) is 5.73 Å². The highest BCUT2D eigenvalue weighted by Crippen LogP contribution is 2.25. The molecule has 5 heteroatoms. The summed E-state index contributed by atoms with van der Waals surface area (Å²) in [7, 11) is 0. The standard InChI is InChI=1S/C12H16F3NO/c1-8-3-10(4-9(2)7-16)6-11(5-8)17-12(13,14)15/h3,5-6,9H,4,7,16H2,1-2H3. The molecule has 17 heavy (non-hydrogen) atoms. The molecule has 0 saturated heterocycles. The molecule has 0 bridgehead atoms. The maximum atomic E-state index is 12.1. The lowest BCUT2D eigenvalue weighted by Gasteiger charge is -2.13. The third kappa shape index (κ3) is 5.08. The average Bonchev–Trinajstić information content (AvgIpc) is 2.13. The van der Waals surface area contributed by atoms with Gasteiger partial charge in [-0.1, -0.05) is 13.0 Å². The van der Waals surface area contributed by atoms with E-state index in [0.29, 0.717) is 13.0 Å². The third-order valence-electron chi connectivity index (χ3n) is 2.33. The smallest absolute Gasteiger partial charge is 0.406 e. The minimum atomic E-state index is -4.65. The van der Waals surface area contributed by atoms with E-state index in [1.807, 2.05) is 13.0 Å². The van der Waals surface area contributed by atoms with Gasteiger partial charge in [-0.25, -0.2) is 0 Å². The van der Waals surface area contributed by atoms with Crippen molar-refractivity contribution in [2.75, 3.05) is 6.54 Å². The molecule has 1 aromatic rings. The van der Waals surface area contributed by atoms with Gasteiger partial charge in [0.25, 0.3) is 0 Å². The van der Waals surface area contributed by atoms with Crippen LogP contribution in [0, 0.1) is 12.8 Å². The summed E-state index contributed by atoms with van der Waals surface area (Å²) < 4.78 is 40.2.